The van der Waals surface area contributed by atoms with Gasteiger partial charge in [-0.3, -0.25) is 0 Å². The minimum absolute atomic E-state index is 0.139. The van der Waals surface area contributed by atoms with Crippen LogP contribution in [0.15, 0.2) is 71.7 Å². The van der Waals surface area contributed by atoms with Crippen molar-refractivity contribution in [2.24, 2.45) is 4.99 Å². The highest BCUT2D eigenvalue weighted by atomic mass is 19.4. The molecule has 0 radical (unpaired) electrons. The van der Waals surface area contributed by atoms with Crippen LogP contribution >= 0.6 is 0 Å². The number of amidine groups is 1. The van der Waals surface area contributed by atoms with Gasteiger partial charge in [-0.25, -0.2) is 9.38 Å². The van der Waals surface area contributed by atoms with E-state index in [-0.39, 0.29) is 11.3 Å². The number of alkyl halides is 3. The zero-order chi connectivity index (χ0) is 22.0. The van der Waals surface area contributed by atoms with E-state index < -0.39 is 18.4 Å². The van der Waals surface area contributed by atoms with Crippen LogP contribution in [0, 0.1) is 12.7 Å². The van der Waals surface area contributed by atoms with E-state index in [1.165, 1.54) is 12.1 Å². The maximum atomic E-state index is 14.8. The Morgan fingerprint density at radius 1 is 0.935 bits per heavy atom. The third-order valence-corrected chi connectivity index (χ3v) is 5.40. The summed E-state index contributed by atoms with van der Waals surface area (Å²) in [6.45, 7) is 2.49. The van der Waals surface area contributed by atoms with E-state index in [4.69, 9.17) is 0 Å². The lowest BCUT2D eigenvalue weighted by molar-refractivity contribution is -0.127. The minimum Gasteiger partial charge on any atom is -0.330 e. The van der Waals surface area contributed by atoms with Crippen molar-refractivity contribution >= 4 is 17.2 Å². The Morgan fingerprint density at radius 3 is 2.39 bits per heavy atom. The lowest BCUT2D eigenvalue weighted by Gasteiger charge is -2.19. The summed E-state index contributed by atoms with van der Waals surface area (Å²) in [7, 11) is 0. The number of nitrogens with zero attached hydrogens (tertiary/aromatic N) is 2. The highest BCUT2D eigenvalue weighted by Gasteiger charge is 2.29. The van der Waals surface area contributed by atoms with Gasteiger partial charge in [-0.15, -0.1) is 0 Å². The third-order valence-electron chi connectivity index (χ3n) is 5.40. The molecule has 6 heteroatoms. The van der Waals surface area contributed by atoms with Crippen LogP contribution in [0.3, 0.4) is 0 Å². The van der Waals surface area contributed by atoms with Crippen molar-refractivity contribution in [3.63, 3.8) is 0 Å². The molecule has 1 aliphatic rings. The first-order chi connectivity index (χ1) is 14.8. The molecule has 0 amide bonds. The van der Waals surface area contributed by atoms with Gasteiger partial charge in [0.1, 0.15) is 17.3 Å². The number of aryl methyl sites for hydroxylation is 1. The number of aliphatic imine (C=N–C) groups is 1. The van der Waals surface area contributed by atoms with Crippen LogP contribution in [0.1, 0.15) is 24.0 Å². The quantitative estimate of drug-likeness (QED) is 0.402. The summed E-state index contributed by atoms with van der Waals surface area (Å²) in [5.74, 6) is 0.269. The second-order valence-corrected chi connectivity index (χ2v) is 7.69. The largest absolute Gasteiger partial charge is 0.393 e. The SMILES string of the molecule is Cc1cc(F)c(N=C2CCCN2c2ccccc2)cc1-c1ccccc1CC(F)(F)F. The van der Waals surface area contributed by atoms with Gasteiger partial charge in [0.25, 0.3) is 0 Å². The molecule has 1 aliphatic heterocycles. The molecule has 2 nitrogen and oxygen atoms in total. The predicted octanol–water partition coefficient (Wildman–Crippen LogP) is 7.24. The molecular formula is C25H22F4N2. The normalized spacial score (nSPS) is 15.6. The molecule has 0 saturated carbocycles. The average molecular weight is 426 g/mol. The lowest BCUT2D eigenvalue weighted by Crippen LogP contribution is -2.23. The van der Waals surface area contributed by atoms with Gasteiger partial charge in [0, 0.05) is 18.7 Å². The Morgan fingerprint density at radius 2 is 1.65 bits per heavy atom. The molecule has 0 bridgehead atoms. The summed E-state index contributed by atoms with van der Waals surface area (Å²) in [6.07, 6.45) is -3.75. The summed E-state index contributed by atoms with van der Waals surface area (Å²) < 4.78 is 54.0. The number of para-hydroxylation sites is 1. The molecule has 31 heavy (non-hydrogen) atoms. The number of hydrogen-bond donors (Lipinski definition) is 0. The number of halogens is 4. The lowest BCUT2D eigenvalue weighted by atomic mass is 9.94. The minimum atomic E-state index is -4.33. The van der Waals surface area contributed by atoms with Crippen LogP contribution < -0.4 is 4.90 Å². The standard InChI is InChI=1S/C25H22F4N2/c1-17-14-22(26)23(30-24-12-7-13-31(24)19-9-3-2-4-10-19)15-21(17)20-11-6-5-8-18(20)16-25(27,28)29/h2-6,8-11,14-15H,7,12-13,16H2,1H3. The Labute approximate surface area is 178 Å². The van der Waals surface area contributed by atoms with Crippen molar-refractivity contribution < 1.29 is 17.6 Å². The topological polar surface area (TPSA) is 15.6 Å². The highest BCUT2D eigenvalue weighted by molar-refractivity contribution is 6.01. The second kappa shape index (κ2) is 8.53. The van der Waals surface area contributed by atoms with Gasteiger partial charge in [-0.2, -0.15) is 13.2 Å². The van der Waals surface area contributed by atoms with E-state index in [0.29, 0.717) is 23.1 Å². The average Bonchev–Trinajstić information content (AvgIpc) is 3.18. The predicted molar refractivity (Wildman–Crippen MR) is 116 cm³/mol. The summed E-state index contributed by atoms with van der Waals surface area (Å²) in [6, 6.07) is 19.1. The van der Waals surface area contributed by atoms with Gasteiger partial charge >= 0.3 is 6.18 Å². The molecule has 160 valence electrons. The van der Waals surface area contributed by atoms with Gasteiger partial charge in [0.15, 0.2) is 0 Å². The Bertz CT molecular complexity index is 1100. The molecule has 3 aromatic rings. The molecule has 1 fully saturated rings. The van der Waals surface area contributed by atoms with Crippen molar-refractivity contribution in [3.05, 3.63) is 83.7 Å². The molecule has 0 spiro atoms. The third kappa shape index (κ3) is 4.79. The number of anilines is 1. The Hall–Kier alpha value is -3.15. The van der Waals surface area contributed by atoms with Crippen molar-refractivity contribution in [1.82, 2.24) is 0 Å². The first kappa shape index (κ1) is 21.1. The first-order valence-electron chi connectivity index (χ1n) is 10.2. The van der Waals surface area contributed by atoms with Crippen LogP contribution in [-0.4, -0.2) is 18.6 Å². The summed E-state index contributed by atoms with van der Waals surface area (Å²) in [5, 5.41) is 0. The van der Waals surface area contributed by atoms with Gasteiger partial charge < -0.3 is 4.90 Å². The van der Waals surface area contributed by atoms with Crippen molar-refractivity contribution in [2.75, 3.05) is 11.4 Å². The monoisotopic (exact) mass is 426 g/mol. The Kier molecular flexibility index (Phi) is 5.81. The second-order valence-electron chi connectivity index (χ2n) is 7.69. The van der Waals surface area contributed by atoms with Gasteiger partial charge in [0.2, 0.25) is 0 Å². The molecule has 0 aromatic heterocycles. The van der Waals surface area contributed by atoms with Crippen LogP contribution in [0.2, 0.25) is 0 Å². The van der Waals surface area contributed by atoms with Crippen molar-refractivity contribution in [3.8, 4) is 11.1 Å². The van der Waals surface area contributed by atoms with E-state index >= 15 is 0 Å². The number of hydrogen-bond acceptors (Lipinski definition) is 1. The summed E-state index contributed by atoms with van der Waals surface area (Å²) in [4.78, 5) is 6.64. The van der Waals surface area contributed by atoms with E-state index in [2.05, 4.69) is 9.89 Å². The van der Waals surface area contributed by atoms with Crippen LogP contribution in [0.4, 0.5) is 28.9 Å². The van der Waals surface area contributed by atoms with Crippen molar-refractivity contribution in [1.29, 1.82) is 0 Å². The zero-order valence-corrected chi connectivity index (χ0v) is 17.1. The maximum absolute atomic E-state index is 14.8. The molecule has 0 atom stereocenters. The molecular weight excluding hydrogens is 404 g/mol. The van der Waals surface area contributed by atoms with Crippen molar-refractivity contribution in [2.45, 2.75) is 32.4 Å². The highest BCUT2D eigenvalue weighted by Crippen LogP contribution is 2.35. The fourth-order valence-electron chi connectivity index (χ4n) is 3.99. The van der Waals surface area contributed by atoms with E-state index in [1.807, 2.05) is 30.3 Å². The summed E-state index contributed by atoms with van der Waals surface area (Å²) >= 11 is 0. The molecule has 1 heterocycles. The summed E-state index contributed by atoms with van der Waals surface area (Å²) in [5.41, 5.74) is 2.87. The van der Waals surface area contributed by atoms with E-state index in [0.717, 1.165) is 24.5 Å². The number of benzene rings is 3. The molecule has 1 saturated heterocycles. The molecule has 4 rings (SSSR count). The molecule has 0 aliphatic carbocycles. The van der Waals surface area contributed by atoms with Crippen LogP contribution in [-0.2, 0) is 6.42 Å². The van der Waals surface area contributed by atoms with E-state index in [9.17, 15) is 17.6 Å². The smallest absolute Gasteiger partial charge is 0.330 e. The molecule has 3 aromatic carbocycles. The fourth-order valence-corrected chi connectivity index (χ4v) is 3.99. The van der Waals surface area contributed by atoms with Crippen LogP contribution in [0.5, 0.6) is 0 Å². The van der Waals surface area contributed by atoms with Gasteiger partial charge in [-0.05, 0) is 59.9 Å². The number of rotatable bonds is 4. The van der Waals surface area contributed by atoms with E-state index in [1.54, 1.807) is 31.2 Å². The fraction of sp³-hybridized carbons (Fsp3) is 0.240. The van der Waals surface area contributed by atoms with Gasteiger partial charge in [0.05, 0.1) is 6.42 Å². The first-order valence-corrected chi connectivity index (χ1v) is 10.2. The van der Waals surface area contributed by atoms with Gasteiger partial charge in [-0.1, -0.05) is 42.5 Å². The molecule has 0 N–H and O–H groups in total. The molecule has 0 unspecified atom stereocenters. The maximum Gasteiger partial charge on any atom is 0.393 e. The van der Waals surface area contributed by atoms with Crippen LogP contribution in [0.25, 0.3) is 11.1 Å². The Balaban J connectivity index is 1.76. The zero-order valence-electron chi connectivity index (χ0n) is 17.1.